The summed E-state index contributed by atoms with van der Waals surface area (Å²) in [6.07, 6.45) is 84.6. The lowest BCUT2D eigenvalue weighted by Crippen LogP contribution is -2.30. The van der Waals surface area contributed by atoms with Crippen LogP contribution in [0.3, 0.4) is 0 Å². The molecule has 0 spiro atoms. The minimum Gasteiger partial charge on any atom is -0.462 e. The van der Waals surface area contributed by atoms with Crippen molar-refractivity contribution < 1.29 is 80.2 Å². The monoisotopic (exact) mass is 1500 g/mol. The standard InChI is InChI=1S/C85H146O17P2/c1-5-9-13-17-21-25-29-33-37-39-43-46-50-54-58-62-66-70-83(88)96-76-81(102-85(90)72-68-64-60-56-52-48-44-40-38-34-30-26-22-18-14-10-6-2)78-100-104(93,94)98-74-79(86)73-97-103(91,92)99-77-80(101-84(89)71-67-63-59-55-51-47-42-36-32-28-24-20-16-12-8-4)75-95-82(87)69-65-61-57-53-49-45-41-35-31-27-23-19-15-11-7-3/h21,23-25,27-28,33-38,41-44,46,48,56,60,79-81,86H,5-20,22,26,29-32,39-40,45,47,49-55,57-59,61-78H2,1-4H3,(H,91,92)(H,93,94)/t79?,80-,81-/m1/s1. The van der Waals surface area contributed by atoms with Crippen LogP contribution >= 0.6 is 15.6 Å². The van der Waals surface area contributed by atoms with E-state index in [1.165, 1.54) is 96.3 Å². The molecule has 0 aromatic rings. The highest BCUT2D eigenvalue weighted by atomic mass is 31.2. The Balaban J connectivity index is 5.46. The van der Waals surface area contributed by atoms with Gasteiger partial charge in [0.2, 0.25) is 0 Å². The van der Waals surface area contributed by atoms with E-state index in [0.29, 0.717) is 32.1 Å². The third-order valence-corrected chi connectivity index (χ3v) is 18.8. The summed E-state index contributed by atoms with van der Waals surface area (Å²) in [6, 6.07) is 0. The fourth-order valence-corrected chi connectivity index (χ4v) is 12.2. The van der Waals surface area contributed by atoms with Crippen LogP contribution in [-0.4, -0.2) is 96.7 Å². The van der Waals surface area contributed by atoms with Crippen molar-refractivity contribution in [2.75, 3.05) is 39.6 Å². The lowest BCUT2D eigenvalue weighted by Gasteiger charge is -2.21. The predicted octanol–water partition coefficient (Wildman–Crippen LogP) is 23.9. The van der Waals surface area contributed by atoms with Crippen molar-refractivity contribution in [3.8, 4) is 0 Å². The maximum atomic E-state index is 13.1. The van der Waals surface area contributed by atoms with E-state index in [2.05, 4.69) is 137 Å². The molecule has 5 atom stereocenters. The van der Waals surface area contributed by atoms with Gasteiger partial charge in [-0.25, -0.2) is 9.13 Å². The zero-order valence-electron chi connectivity index (χ0n) is 65.4. The van der Waals surface area contributed by atoms with Crippen molar-refractivity contribution in [3.63, 3.8) is 0 Å². The highest BCUT2D eigenvalue weighted by Gasteiger charge is 2.30. The van der Waals surface area contributed by atoms with Crippen LogP contribution in [-0.2, 0) is 65.4 Å². The van der Waals surface area contributed by atoms with E-state index in [4.69, 9.17) is 37.0 Å². The number of hydrogen-bond acceptors (Lipinski definition) is 15. The third kappa shape index (κ3) is 75.7. The second kappa shape index (κ2) is 76.6. The number of unbranched alkanes of at least 4 members (excludes halogenated alkanes) is 30. The van der Waals surface area contributed by atoms with Crippen LogP contribution in [0.1, 0.15) is 336 Å². The van der Waals surface area contributed by atoms with Gasteiger partial charge in [-0.05, 0) is 161 Å². The molecule has 0 fully saturated rings. The first-order valence-electron chi connectivity index (χ1n) is 40.8. The number of allylic oxidation sites excluding steroid dienone is 20. The fourth-order valence-electron chi connectivity index (χ4n) is 10.6. The van der Waals surface area contributed by atoms with Crippen molar-refractivity contribution in [1.29, 1.82) is 0 Å². The summed E-state index contributed by atoms with van der Waals surface area (Å²) in [5.74, 6) is -2.29. The first kappa shape index (κ1) is 99.5. The first-order chi connectivity index (χ1) is 50.7. The molecule has 0 amide bonds. The summed E-state index contributed by atoms with van der Waals surface area (Å²) in [7, 11) is -9.99. The van der Waals surface area contributed by atoms with Crippen LogP contribution in [0, 0.1) is 0 Å². The summed E-state index contributed by atoms with van der Waals surface area (Å²) >= 11 is 0. The molecule has 0 aromatic heterocycles. The zero-order valence-corrected chi connectivity index (χ0v) is 67.2. The Bertz CT molecular complexity index is 2440. The summed E-state index contributed by atoms with van der Waals surface area (Å²) in [5.41, 5.74) is 0. The lowest BCUT2D eigenvalue weighted by molar-refractivity contribution is -0.161. The average Bonchev–Trinajstić information content (AvgIpc) is 0.926. The molecule has 0 bridgehead atoms. The SMILES string of the molecule is CCCCCC=CCC=CCC=CCCCCCCC(=O)OC[C@H](COP(=O)(O)OCC(O)COP(=O)(O)OC[C@@H](COC(=O)CCCCCCCC=CCC=CCCCCC)OC(=O)CCCCCCCC=CCC=CCCCCC)OC(=O)CCCC=CCC=CCC=CCCCCCCCC. The van der Waals surface area contributed by atoms with Gasteiger partial charge < -0.3 is 33.8 Å². The first-order valence-corrected chi connectivity index (χ1v) is 43.8. The zero-order chi connectivity index (χ0) is 76.0. The maximum Gasteiger partial charge on any atom is 0.472 e. The summed E-state index contributed by atoms with van der Waals surface area (Å²) in [5, 5.41) is 10.6. The number of rotatable bonds is 76. The quantitative estimate of drug-likeness (QED) is 0.0169. The second-order valence-electron chi connectivity index (χ2n) is 27.0. The van der Waals surface area contributed by atoms with Gasteiger partial charge in [0.15, 0.2) is 12.2 Å². The largest absolute Gasteiger partial charge is 0.472 e. The number of esters is 4. The molecule has 598 valence electrons. The Hall–Kier alpha value is -4.54. The number of carbonyl (C=O) groups is 4. The molecule has 3 N–H and O–H groups in total. The molecule has 0 saturated carbocycles. The number of hydrogen-bond donors (Lipinski definition) is 3. The van der Waals surface area contributed by atoms with Crippen molar-refractivity contribution in [1.82, 2.24) is 0 Å². The normalized spacial score (nSPS) is 14.5. The minimum absolute atomic E-state index is 0.0160. The highest BCUT2D eigenvalue weighted by Crippen LogP contribution is 2.45. The van der Waals surface area contributed by atoms with Crippen molar-refractivity contribution in [3.05, 3.63) is 122 Å². The topological polar surface area (TPSA) is 237 Å². The molecule has 104 heavy (non-hydrogen) atoms. The van der Waals surface area contributed by atoms with Crippen molar-refractivity contribution in [2.45, 2.75) is 354 Å². The molecule has 0 aliphatic carbocycles. The van der Waals surface area contributed by atoms with E-state index in [1.807, 2.05) is 12.2 Å². The second-order valence-corrected chi connectivity index (χ2v) is 29.9. The van der Waals surface area contributed by atoms with E-state index in [9.17, 15) is 43.2 Å². The molecule has 0 radical (unpaired) electrons. The summed E-state index contributed by atoms with van der Waals surface area (Å²) in [6.45, 7) is 4.70. The Labute approximate surface area is 632 Å². The highest BCUT2D eigenvalue weighted by molar-refractivity contribution is 7.47. The van der Waals surface area contributed by atoms with Gasteiger partial charge >= 0.3 is 39.5 Å². The average molecular weight is 1500 g/mol. The van der Waals surface area contributed by atoms with Crippen LogP contribution in [0.4, 0.5) is 0 Å². The van der Waals surface area contributed by atoms with Crippen molar-refractivity contribution >= 4 is 39.5 Å². The number of ether oxygens (including phenoxy) is 4. The van der Waals surface area contributed by atoms with Crippen LogP contribution in [0.2, 0.25) is 0 Å². The number of phosphoric acid groups is 2. The molecule has 0 saturated heterocycles. The van der Waals surface area contributed by atoms with Crippen LogP contribution in [0.5, 0.6) is 0 Å². The Morgan fingerprint density at radius 2 is 0.481 bits per heavy atom. The maximum absolute atomic E-state index is 13.1. The van der Waals surface area contributed by atoms with Gasteiger partial charge in [-0.15, -0.1) is 0 Å². The molecule has 17 nitrogen and oxygen atoms in total. The summed E-state index contributed by atoms with van der Waals surface area (Å²) in [4.78, 5) is 73.0. The van der Waals surface area contributed by atoms with Gasteiger partial charge in [0.05, 0.1) is 26.4 Å². The molecule has 0 aliphatic rings. The summed E-state index contributed by atoms with van der Waals surface area (Å²) < 4.78 is 68.6. The molecular weight excluding hydrogens is 1350 g/mol. The smallest absolute Gasteiger partial charge is 0.462 e. The van der Waals surface area contributed by atoms with Gasteiger partial charge in [0, 0.05) is 25.7 Å². The van der Waals surface area contributed by atoms with Gasteiger partial charge in [-0.1, -0.05) is 271 Å². The fraction of sp³-hybridized carbons (Fsp3) is 0.718. The third-order valence-electron chi connectivity index (χ3n) is 16.9. The molecule has 0 rings (SSSR count). The van der Waals surface area contributed by atoms with Gasteiger partial charge in [-0.2, -0.15) is 0 Å². The molecule has 0 aliphatic heterocycles. The van der Waals surface area contributed by atoms with Crippen LogP contribution in [0.25, 0.3) is 0 Å². The lowest BCUT2D eigenvalue weighted by atomic mass is 10.1. The van der Waals surface area contributed by atoms with E-state index in [1.54, 1.807) is 0 Å². The van der Waals surface area contributed by atoms with E-state index >= 15 is 0 Å². The van der Waals surface area contributed by atoms with E-state index < -0.39 is 97.5 Å². The number of phosphoric ester groups is 2. The molecule has 0 aromatic carbocycles. The molecule has 3 unspecified atom stereocenters. The number of carbonyl (C=O) groups excluding carboxylic acids is 4. The van der Waals surface area contributed by atoms with Crippen molar-refractivity contribution in [2.24, 2.45) is 0 Å². The van der Waals surface area contributed by atoms with Gasteiger partial charge in [-0.3, -0.25) is 37.3 Å². The molecule has 0 heterocycles. The molecule has 19 heteroatoms. The minimum atomic E-state index is -5.00. The predicted molar refractivity (Wildman–Crippen MR) is 427 cm³/mol. The van der Waals surface area contributed by atoms with E-state index in [-0.39, 0.29) is 25.7 Å². The van der Waals surface area contributed by atoms with Gasteiger partial charge in [0.25, 0.3) is 0 Å². The van der Waals surface area contributed by atoms with Crippen LogP contribution in [0.15, 0.2) is 122 Å². The Morgan fingerprint density at radius 3 is 0.779 bits per heavy atom. The molecular formula is C85H146O17P2. The Kier molecular flexibility index (Phi) is 73.3. The van der Waals surface area contributed by atoms with Crippen LogP contribution < -0.4 is 0 Å². The van der Waals surface area contributed by atoms with E-state index in [0.717, 1.165) is 154 Å². The number of aliphatic hydroxyl groups is 1. The Morgan fingerprint density at radius 1 is 0.269 bits per heavy atom. The van der Waals surface area contributed by atoms with Gasteiger partial charge in [0.1, 0.15) is 19.3 Å². The number of aliphatic hydroxyl groups excluding tert-OH is 1.